The Bertz CT molecular complexity index is 1560. The van der Waals surface area contributed by atoms with Crippen LogP contribution in [0.25, 0.3) is 0 Å². The maximum absolute atomic E-state index is 12.1. The third-order valence-corrected chi connectivity index (χ3v) is 10.4. The summed E-state index contributed by atoms with van der Waals surface area (Å²) in [6, 6.07) is 6.14. The van der Waals surface area contributed by atoms with Gasteiger partial charge in [-0.15, -0.1) is 0 Å². The number of phenolic OH excluding ortho intramolecular Hbond substituents is 1. The van der Waals surface area contributed by atoms with Crippen LogP contribution in [-0.4, -0.2) is 91.6 Å². The monoisotopic (exact) mass is 864 g/mol. The van der Waals surface area contributed by atoms with Crippen molar-refractivity contribution >= 4 is 47.5 Å². The maximum atomic E-state index is 12.1. The lowest BCUT2D eigenvalue weighted by Crippen LogP contribution is -2.35. The average Bonchev–Trinajstić information content (AvgIpc) is 3.22. The van der Waals surface area contributed by atoms with E-state index in [2.05, 4.69) is 17.2 Å². The largest absolute Gasteiger partial charge is 0.508 e. The van der Waals surface area contributed by atoms with E-state index in [0.29, 0.717) is 49.1 Å². The van der Waals surface area contributed by atoms with E-state index in [1.54, 1.807) is 32.9 Å². The summed E-state index contributed by atoms with van der Waals surface area (Å²) in [5.41, 5.74) is -0.469. The van der Waals surface area contributed by atoms with Crippen molar-refractivity contribution in [1.82, 2.24) is 5.32 Å². The van der Waals surface area contributed by atoms with Crippen molar-refractivity contribution in [2.75, 3.05) is 44.9 Å². The van der Waals surface area contributed by atoms with Crippen LogP contribution in [0, 0.1) is 28.1 Å². The molecule has 1 fully saturated rings. The fraction of sp³-hybridized carbons (Fsp3) is 0.667. The van der Waals surface area contributed by atoms with E-state index in [-0.39, 0.29) is 69.0 Å². The number of anilines is 1. The SMILES string of the molecule is C=C(C)C(=O)OCCOC(=O)C(C)(C)CC.CCC(C)(C)C(=O)OCC1CCC(CNC(=O)Nc2ccc(O)cc2)CC1.CCC(C)(C)C(=O)OCCOC(=O)CCC(=O)O. The van der Waals surface area contributed by atoms with Crippen molar-refractivity contribution in [3.05, 3.63) is 36.4 Å². The Kier molecular flexibility index (Phi) is 26.0. The van der Waals surface area contributed by atoms with E-state index in [1.165, 1.54) is 12.1 Å². The number of carboxylic acid groups (broad SMARTS) is 1. The highest BCUT2D eigenvalue weighted by Crippen LogP contribution is 2.30. The van der Waals surface area contributed by atoms with Crippen LogP contribution in [0.5, 0.6) is 5.75 Å². The molecule has 0 aliphatic heterocycles. The summed E-state index contributed by atoms with van der Waals surface area (Å²) in [6.07, 6.45) is 5.79. The predicted molar refractivity (Wildman–Crippen MR) is 229 cm³/mol. The molecule has 16 heteroatoms. The number of carbonyl (C=O) groups excluding carboxylic acids is 6. The minimum absolute atomic E-state index is 0.0128. The molecule has 2 rings (SSSR count). The third kappa shape index (κ3) is 24.6. The number of hydrogen-bond acceptors (Lipinski definition) is 13. The van der Waals surface area contributed by atoms with Gasteiger partial charge < -0.3 is 44.5 Å². The quantitative estimate of drug-likeness (QED) is 0.0304. The van der Waals surface area contributed by atoms with Gasteiger partial charge in [0.25, 0.3) is 0 Å². The molecule has 61 heavy (non-hydrogen) atoms. The normalized spacial score (nSPS) is 14.9. The van der Waals surface area contributed by atoms with Gasteiger partial charge in [0.05, 0.1) is 35.7 Å². The smallest absolute Gasteiger partial charge is 0.333 e. The van der Waals surface area contributed by atoms with Crippen LogP contribution in [0.1, 0.15) is 127 Å². The molecule has 4 N–H and O–H groups in total. The first kappa shape index (κ1) is 55.9. The molecule has 1 aromatic carbocycles. The van der Waals surface area contributed by atoms with E-state index in [0.717, 1.165) is 32.1 Å². The first-order valence-electron chi connectivity index (χ1n) is 21.0. The van der Waals surface area contributed by atoms with Gasteiger partial charge in [-0.2, -0.15) is 0 Å². The Labute approximate surface area is 361 Å². The molecule has 2 amide bonds. The summed E-state index contributed by atoms with van der Waals surface area (Å²) in [4.78, 5) is 79.2. The fourth-order valence-corrected chi connectivity index (χ4v) is 4.73. The van der Waals surface area contributed by atoms with Gasteiger partial charge >= 0.3 is 41.8 Å². The number of aromatic hydroxyl groups is 1. The van der Waals surface area contributed by atoms with E-state index in [4.69, 9.17) is 28.8 Å². The average molecular weight is 865 g/mol. The second-order valence-electron chi connectivity index (χ2n) is 16.9. The molecule has 0 spiro atoms. The first-order valence-corrected chi connectivity index (χ1v) is 21.0. The zero-order chi connectivity index (χ0) is 46.8. The number of urea groups is 1. The van der Waals surface area contributed by atoms with Crippen molar-refractivity contribution in [2.24, 2.45) is 28.1 Å². The van der Waals surface area contributed by atoms with Crippen molar-refractivity contribution in [3.63, 3.8) is 0 Å². The van der Waals surface area contributed by atoms with Gasteiger partial charge in [-0.25, -0.2) is 9.59 Å². The molecule has 16 nitrogen and oxygen atoms in total. The Morgan fingerprint density at radius 2 is 1.08 bits per heavy atom. The number of carbonyl (C=O) groups is 7. The van der Waals surface area contributed by atoms with Crippen molar-refractivity contribution in [3.8, 4) is 5.75 Å². The Balaban J connectivity index is 0.000000931. The number of esters is 5. The number of nitrogens with one attached hydrogen (secondary N) is 2. The molecule has 0 radical (unpaired) electrons. The number of benzene rings is 1. The molecule has 0 unspecified atom stereocenters. The molecule has 0 bridgehead atoms. The molecule has 0 saturated heterocycles. The second kappa shape index (κ2) is 28.4. The summed E-state index contributed by atoms with van der Waals surface area (Å²) >= 11 is 0. The summed E-state index contributed by atoms with van der Waals surface area (Å²) in [6.45, 7) is 23.0. The lowest BCUT2D eigenvalue weighted by molar-refractivity contribution is -0.159. The van der Waals surface area contributed by atoms with E-state index in [1.807, 2.05) is 48.5 Å². The highest BCUT2D eigenvalue weighted by Gasteiger charge is 2.30. The molecule has 0 heterocycles. The van der Waals surface area contributed by atoms with Crippen LogP contribution in [0.15, 0.2) is 36.4 Å². The van der Waals surface area contributed by atoms with E-state index >= 15 is 0 Å². The number of rotatable bonds is 21. The van der Waals surface area contributed by atoms with E-state index < -0.39 is 34.2 Å². The summed E-state index contributed by atoms with van der Waals surface area (Å²) in [7, 11) is 0. The van der Waals surface area contributed by atoms with Crippen LogP contribution < -0.4 is 10.6 Å². The molecule has 346 valence electrons. The molecule has 1 saturated carbocycles. The lowest BCUT2D eigenvalue weighted by atomic mass is 9.82. The van der Waals surface area contributed by atoms with Crippen molar-refractivity contribution in [2.45, 2.75) is 127 Å². The molecular formula is C45H72N2O14. The van der Waals surface area contributed by atoms with Gasteiger partial charge in [-0.05, 0) is 130 Å². The van der Waals surface area contributed by atoms with Crippen LogP contribution >= 0.6 is 0 Å². The minimum Gasteiger partial charge on any atom is -0.508 e. The van der Waals surface area contributed by atoms with Crippen LogP contribution in [0.3, 0.4) is 0 Å². The predicted octanol–water partition coefficient (Wildman–Crippen LogP) is 7.76. The van der Waals surface area contributed by atoms with Gasteiger partial charge in [0, 0.05) is 17.8 Å². The molecule has 0 aromatic heterocycles. The number of phenols is 1. The van der Waals surface area contributed by atoms with Gasteiger partial charge in [0.1, 0.15) is 32.2 Å². The molecule has 1 aromatic rings. The Morgan fingerprint density at radius 1 is 0.656 bits per heavy atom. The van der Waals surface area contributed by atoms with E-state index in [9.17, 15) is 38.7 Å². The topological polar surface area (TPSA) is 230 Å². The third-order valence-electron chi connectivity index (χ3n) is 10.4. The summed E-state index contributed by atoms with van der Waals surface area (Å²) in [5, 5.41) is 23.3. The molecule has 1 aliphatic rings. The molecule has 0 atom stereocenters. The van der Waals surface area contributed by atoms with Crippen molar-refractivity contribution in [1.29, 1.82) is 0 Å². The Hall–Kier alpha value is -5.15. The fourth-order valence-electron chi connectivity index (χ4n) is 4.73. The van der Waals surface area contributed by atoms with Crippen LogP contribution in [-0.2, 0) is 52.5 Å². The highest BCUT2D eigenvalue weighted by molar-refractivity contribution is 5.89. The summed E-state index contributed by atoms with van der Waals surface area (Å²) < 4.78 is 24.9. The molecule has 1 aliphatic carbocycles. The number of hydrogen-bond donors (Lipinski definition) is 4. The number of ether oxygens (including phenoxy) is 5. The van der Waals surface area contributed by atoms with Crippen LogP contribution in [0.4, 0.5) is 10.5 Å². The second-order valence-corrected chi connectivity index (χ2v) is 16.9. The zero-order valence-corrected chi connectivity index (χ0v) is 38.1. The van der Waals surface area contributed by atoms with Crippen molar-refractivity contribution < 1.29 is 67.5 Å². The minimum atomic E-state index is -1.05. The number of aliphatic carboxylic acids is 1. The zero-order valence-electron chi connectivity index (χ0n) is 38.1. The van der Waals surface area contributed by atoms with Gasteiger partial charge in [-0.1, -0.05) is 27.4 Å². The standard InChI is InChI=1S/C21H32N2O4.C12H20O6.C12H20O4/c1-4-21(2,3)19(25)27-14-16-7-5-15(6-8-16)13-22-20(26)23-17-9-11-18(24)12-10-17;1-4-12(2,3)11(16)18-8-7-17-10(15)6-5-9(13)14;1-6-12(4,5)11(14)16-8-7-15-10(13)9(2)3/h9-12,15-16,24H,4-8,13-14H2,1-3H3,(H2,22,23,26);4-8H2,1-3H3,(H,13,14);2,6-8H2,1,3-5H3. The Morgan fingerprint density at radius 3 is 1.52 bits per heavy atom. The first-order chi connectivity index (χ1) is 28.4. The number of carboxylic acids is 1. The van der Waals surface area contributed by atoms with Gasteiger partial charge in [0.2, 0.25) is 0 Å². The van der Waals surface area contributed by atoms with Crippen LogP contribution in [0.2, 0.25) is 0 Å². The summed E-state index contributed by atoms with van der Waals surface area (Å²) in [5.74, 6) is -1.82. The number of amides is 2. The maximum Gasteiger partial charge on any atom is 0.333 e. The lowest BCUT2D eigenvalue weighted by Gasteiger charge is -2.29. The molecular weight excluding hydrogens is 792 g/mol. The highest BCUT2D eigenvalue weighted by atomic mass is 16.6. The van der Waals surface area contributed by atoms with Gasteiger partial charge in [-0.3, -0.25) is 24.0 Å². The van der Waals surface area contributed by atoms with Gasteiger partial charge in [0.15, 0.2) is 0 Å².